The molecule has 1 aromatic heterocycles. The highest BCUT2D eigenvalue weighted by molar-refractivity contribution is 5.95. The summed E-state index contributed by atoms with van der Waals surface area (Å²) in [6.07, 6.45) is 3.35. The van der Waals surface area contributed by atoms with E-state index in [2.05, 4.69) is 50.0 Å². The highest BCUT2D eigenvalue weighted by Gasteiger charge is 2.50. The molecule has 1 aliphatic heterocycles. The van der Waals surface area contributed by atoms with Crippen LogP contribution in [0.25, 0.3) is 10.9 Å². The molecule has 0 atom stereocenters. The number of hydrogen-bond acceptors (Lipinski definition) is 3. The Hall–Kier alpha value is -2.75. The number of carbonyl (C=O) groups is 1. The zero-order valence-electron chi connectivity index (χ0n) is 17.3. The average molecular weight is 389 g/mol. The van der Waals surface area contributed by atoms with Crippen molar-refractivity contribution in [2.45, 2.75) is 57.3 Å². The molecule has 1 N–H and O–H groups in total. The number of benzene rings is 2. The van der Waals surface area contributed by atoms with Gasteiger partial charge < -0.3 is 14.5 Å². The van der Waals surface area contributed by atoms with E-state index in [9.17, 15) is 4.79 Å². The van der Waals surface area contributed by atoms with Crippen LogP contribution in [-0.2, 0) is 22.0 Å². The largest absolute Gasteiger partial charge is 0.454 e. The van der Waals surface area contributed by atoms with E-state index in [0.29, 0.717) is 12.2 Å². The molecule has 0 bridgehead atoms. The van der Waals surface area contributed by atoms with Crippen molar-refractivity contribution in [1.82, 2.24) is 4.98 Å². The van der Waals surface area contributed by atoms with Crippen LogP contribution in [0.1, 0.15) is 56.9 Å². The maximum atomic E-state index is 13.3. The van der Waals surface area contributed by atoms with Crippen LogP contribution in [0.3, 0.4) is 0 Å². The third-order valence-corrected chi connectivity index (χ3v) is 6.87. The lowest BCUT2D eigenvalue weighted by Gasteiger charge is -2.20. The number of H-pyrrole nitrogens is 1. The number of Topliss-reactive ketones (excluding diaryl/α,β-unsaturated/α-hetero) is 1. The van der Waals surface area contributed by atoms with Gasteiger partial charge in [-0.05, 0) is 66.1 Å². The van der Waals surface area contributed by atoms with Crippen molar-refractivity contribution in [3.05, 3.63) is 59.3 Å². The van der Waals surface area contributed by atoms with Crippen LogP contribution in [0.15, 0.2) is 42.5 Å². The molecular formula is C25H27NO3. The van der Waals surface area contributed by atoms with Crippen molar-refractivity contribution in [2.75, 3.05) is 6.79 Å². The Morgan fingerprint density at radius 2 is 1.86 bits per heavy atom. The van der Waals surface area contributed by atoms with E-state index in [1.807, 2.05) is 18.2 Å². The molecule has 0 spiro atoms. The van der Waals surface area contributed by atoms with Gasteiger partial charge in [0.05, 0.1) is 5.41 Å². The Balaban J connectivity index is 1.39. The van der Waals surface area contributed by atoms with Crippen molar-refractivity contribution >= 4 is 16.7 Å². The van der Waals surface area contributed by atoms with Gasteiger partial charge >= 0.3 is 0 Å². The molecule has 4 heteroatoms. The number of fused-ring (bicyclic) bond motifs is 2. The number of aromatic nitrogens is 1. The summed E-state index contributed by atoms with van der Waals surface area (Å²) in [6.45, 7) is 6.97. The maximum absolute atomic E-state index is 13.3. The van der Waals surface area contributed by atoms with Gasteiger partial charge in [0.2, 0.25) is 6.79 Å². The topological polar surface area (TPSA) is 51.3 Å². The summed E-state index contributed by atoms with van der Waals surface area (Å²) in [5.41, 5.74) is 4.28. The maximum Gasteiger partial charge on any atom is 0.231 e. The normalized spacial score (nSPS) is 16.9. The van der Waals surface area contributed by atoms with Crippen LogP contribution in [0.2, 0.25) is 0 Å². The van der Waals surface area contributed by atoms with Crippen LogP contribution in [-0.4, -0.2) is 17.6 Å². The number of rotatable bonds is 6. The standard InChI is InChI=1S/C25H27NO3/c1-4-24(2,3)22-13-17-11-16(5-7-19(17)26-22)12-23(27)25(9-10-25)18-6-8-20-21(14-18)29-15-28-20/h5-8,11,13-14,26H,4,9-10,12,15H2,1-3H3. The van der Waals surface area contributed by atoms with E-state index in [1.54, 1.807) is 0 Å². The molecular weight excluding hydrogens is 362 g/mol. The van der Waals surface area contributed by atoms with Gasteiger partial charge in [0.25, 0.3) is 0 Å². The third kappa shape index (κ3) is 3.02. The van der Waals surface area contributed by atoms with E-state index in [0.717, 1.165) is 47.4 Å². The second-order valence-electron chi connectivity index (χ2n) is 9.09. The third-order valence-electron chi connectivity index (χ3n) is 6.87. The number of nitrogens with one attached hydrogen (secondary N) is 1. The minimum Gasteiger partial charge on any atom is -0.454 e. The van der Waals surface area contributed by atoms with Crippen molar-refractivity contribution in [2.24, 2.45) is 0 Å². The molecule has 1 fully saturated rings. The molecule has 2 aromatic carbocycles. The van der Waals surface area contributed by atoms with Crippen molar-refractivity contribution in [1.29, 1.82) is 0 Å². The fraction of sp³-hybridized carbons (Fsp3) is 0.400. The van der Waals surface area contributed by atoms with E-state index in [-0.39, 0.29) is 17.6 Å². The van der Waals surface area contributed by atoms with Crippen molar-refractivity contribution in [3.63, 3.8) is 0 Å². The summed E-state index contributed by atoms with van der Waals surface area (Å²) >= 11 is 0. The first-order valence-corrected chi connectivity index (χ1v) is 10.5. The second-order valence-corrected chi connectivity index (χ2v) is 9.09. The van der Waals surface area contributed by atoms with E-state index in [4.69, 9.17) is 9.47 Å². The summed E-state index contributed by atoms with van der Waals surface area (Å²) in [5.74, 6) is 1.81. The molecule has 1 saturated carbocycles. The minimum atomic E-state index is -0.358. The molecule has 3 aromatic rings. The second kappa shape index (κ2) is 6.38. The number of ketones is 1. The fourth-order valence-electron chi connectivity index (χ4n) is 4.25. The number of ether oxygens (including phenoxy) is 2. The van der Waals surface area contributed by atoms with Crippen LogP contribution in [0, 0.1) is 0 Å². The van der Waals surface area contributed by atoms with E-state index < -0.39 is 0 Å². The quantitative estimate of drug-likeness (QED) is 0.612. The molecule has 0 amide bonds. The Bertz CT molecular complexity index is 1100. The number of aromatic amines is 1. The number of hydrogen-bond donors (Lipinski definition) is 1. The van der Waals surface area contributed by atoms with Gasteiger partial charge in [0.1, 0.15) is 5.78 Å². The number of carbonyl (C=O) groups excluding carboxylic acids is 1. The predicted octanol–water partition coefficient (Wildman–Crippen LogP) is 5.43. The Labute approximate surface area is 171 Å². The van der Waals surface area contributed by atoms with Crippen LogP contribution < -0.4 is 9.47 Å². The molecule has 0 radical (unpaired) electrons. The summed E-state index contributed by atoms with van der Waals surface area (Å²) < 4.78 is 10.9. The zero-order valence-corrected chi connectivity index (χ0v) is 17.3. The van der Waals surface area contributed by atoms with Gasteiger partial charge in [-0.25, -0.2) is 0 Å². The summed E-state index contributed by atoms with van der Waals surface area (Å²) in [5, 5.41) is 1.18. The van der Waals surface area contributed by atoms with Gasteiger partial charge in [-0.15, -0.1) is 0 Å². The van der Waals surface area contributed by atoms with Gasteiger partial charge in [-0.1, -0.05) is 32.9 Å². The molecule has 0 saturated heterocycles. The van der Waals surface area contributed by atoms with Gasteiger partial charge in [-0.2, -0.15) is 0 Å². The molecule has 1 aliphatic carbocycles. The smallest absolute Gasteiger partial charge is 0.231 e. The first-order chi connectivity index (χ1) is 13.9. The summed E-state index contributed by atoms with van der Waals surface area (Å²) in [7, 11) is 0. The summed E-state index contributed by atoms with van der Waals surface area (Å²) in [6, 6.07) is 14.5. The lowest BCUT2D eigenvalue weighted by Crippen LogP contribution is -2.22. The molecule has 150 valence electrons. The van der Waals surface area contributed by atoms with E-state index in [1.165, 1.54) is 11.1 Å². The van der Waals surface area contributed by atoms with Crippen molar-refractivity contribution < 1.29 is 14.3 Å². The fourth-order valence-corrected chi connectivity index (χ4v) is 4.25. The molecule has 29 heavy (non-hydrogen) atoms. The van der Waals surface area contributed by atoms with E-state index >= 15 is 0 Å². The monoisotopic (exact) mass is 389 g/mol. The molecule has 5 rings (SSSR count). The first-order valence-electron chi connectivity index (χ1n) is 10.5. The van der Waals surface area contributed by atoms with Gasteiger partial charge in [0, 0.05) is 23.0 Å². The lowest BCUT2D eigenvalue weighted by atomic mass is 9.86. The van der Waals surface area contributed by atoms with Gasteiger partial charge in [0.15, 0.2) is 11.5 Å². The van der Waals surface area contributed by atoms with Crippen molar-refractivity contribution in [3.8, 4) is 11.5 Å². The summed E-state index contributed by atoms with van der Waals surface area (Å²) in [4.78, 5) is 16.8. The SMILES string of the molecule is CCC(C)(C)c1cc2cc(CC(=O)C3(c4ccc5c(c4)OCO5)CC3)ccc2[nH]1. The van der Waals surface area contributed by atoms with Crippen LogP contribution >= 0.6 is 0 Å². The highest BCUT2D eigenvalue weighted by atomic mass is 16.7. The molecule has 2 heterocycles. The predicted molar refractivity (Wildman–Crippen MR) is 114 cm³/mol. The highest BCUT2D eigenvalue weighted by Crippen LogP contribution is 2.51. The lowest BCUT2D eigenvalue weighted by molar-refractivity contribution is -0.120. The molecule has 0 unspecified atom stereocenters. The zero-order chi connectivity index (χ0) is 20.2. The minimum absolute atomic E-state index is 0.117. The molecule has 2 aliphatic rings. The van der Waals surface area contributed by atoms with Crippen LogP contribution in [0.5, 0.6) is 11.5 Å². The Morgan fingerprint density at radius 3 is 2.62 bits per heavy atom. The molecule has 4 nitrogen and oxygen atoms in total. The van der Waals surface area contributed by atoms with Gasteiger partial charge in [-0.3, -0.25) is 4.79 Å². The Morgan fingerprint density at radius 1 is 1.07 bits per heavy atom. The average Bonchev–Trinajstić information content (AvgIpc) is 3.20. The first kappa shape index (κ1) is 18.3. The van der Waals surface area contributed by atoms with Crippen LogP contribution in [0.4, 0.5) is 0 Å². The Kier molecular flexibility index (Phi) is 4.02.